The molecule has 0 radical (unpaired) electrons. The number of furan rings is 1. The van der Waals surface area contributed by atoms with E-state index in [9.17, 15) is 0 Å². The van der Waals surface area contributed by atoms with Crippen molar-refractivity contribution in [1.82, 2.24) is 14.9 Å². The summed E-state index contributed by atoms with van der Waals surface area (Å²) < 4.78 is 8.17. The Morgan fingerprint density at radius 2 is 2.10 bits per heavy atom. The van der Waals surface area contributed by atoms with Gasteiger partial charge in [0, 0.05) is 30.2 Å². The lowest BCUT2D eigenvalue weighted by Crippen LogP contribution is -2.22. The summed E-state index contributed by atoms with van der Waals surface area (Å²) >= 11 is 0. The van der Waals surface area contributed by atoms with Crippen LogP contribution in [0.5, 0.6) is 0 Å². The van der Waals surface area contributed by atoms with Crippen LogP contribution >= 0.6 is 0 Å². The van der Waals surface area contributed by atoms with E-state index in [1.165, 1.54) is 0 Å². The first-order valence-corrected chi connectivity index (χ1v) is 7.36. The van der Waals surface area contributed by atoms with Crippen molar-refractivity contribution in [2.24, 2.45) is 0 Å². The minimum absolute atomic E-state index is 0.129. The molecule has 0 aliphatic heterocycles. The summed E-state index contributed by atoms with van der Waals surface area (Å²) in [5, 5.41) is 4.48. The molecular weight excluding hydrogens is 262 g/mol. The summed E-state index contributed by atoms with van der Waals surface area (Å²) in [6.07, 6.45) is 3.89. The fourth-order valence-electron chi connectivity index (χ4n) is 2.67. The smallest absolute Gasteiger partial charge is 0.134 e. The molecule has 0 saturated carbocycles. The first kappa shape index (κ1) is 13.9. The van der Waals surface area contributed by atoms with Gasteiger partial charge in [-0.3, -0.25) is 0 Å². The Morgan fingerprint density at radius 1 is 1.29 bits per heavy atom. The molecule has 1 aromatic carbocycles. The molecule has 0 aliphatic carbocycles. The Hall–Kier alpha value is -2.07. The number of nitrogens with zero attached hydrogens (tertiary/aromatic N) is 2. The second-order valence-corrected chi connectivity index (χ2v) is 5.62. The van der Waals surface area contributed by atoms with E-state index in [4.69, 9.17) is 4.42 Å². The molecule has 4 nitrogen and oxygen atoms in total. The number of hydrogen-bond donors (Lipinski definition) is 1. The minimum Gasteiger partial charge on any atom is -0.459 e. The molecule has 0 saturated heterocycles. The van der Waals surface area contributed by atoms with Crippen LogP contribution in [0.3, 0.4) is 0 Å². The zero-order valence-corrected chi connectivity index (χ0v) is 12.7. The lowest BCUT2D eigenvalue weighted by Gasteiger charge is -2.17. The molecule has 0 fully saturated rings. The molecule has 110 valence electrons. The minimum atomic E-state index is 0.129. The first-order valence-electron chi connectivity index (χ1n) is 7.36. The Morgan fingerprint density at radius 3 is 2.81 bits per heavy atom. The van der Waals surface area contributed by atoms with Crippen LogP contribution in [-0.2, 0) is 6.54 Å². The van der Waals surface area contributed by atoms with Crippen LogP contribution in [0.4, 0.5) is 0 Å². The van der Waals surface area contributed by atoms with Crippen molar-refractivity contribution in [3.8, 4) is 0 Å². The predicted octanol–water partition coefficient (Wildman–Crippen LogP) is 3.71. The summed E-state index contributed by atoms with van der Waals surface area (Å²) in [4.78, 5) is 4.44. The van der Waals surface area contributed by atoms with E-state index in [0.29, 0.717) is 5.92 Å². The number of para-hydroxylation sites is 1. The summed E-state index contributed by atoms with van der Waals surface area (Å²) in [6.45, 7) is 5.13. The molecular formula is C17H21N3O. The van der Waals surface area contributed by atoms with Gasteiger partial charge in [0.1, 0.15) is 17.2 Å². The highest BCUT2D eigenvalue weighted by molar-refractivity contribution is 5.77. The number of benzene rings is 1. The van der Waals surface area contributed by atoms with Gasteiger partial charge in [0.25, 0.3) is 0 Å². The molecule has 4 heteroatoms. The maximum Gasteiger partial charge on any atom is 0.134 e. The first-order chi connectivity index (χ1) is 10.2. The monoisotopic (exact) mass is 283 g/mol. The number of aromatic nitrogens is 2. The standard InChI is InChI=1S/C17H21N3O/c1-12(2)17-19-8-9-20(17)11-14(18-3)16-10-13-6-4-5-7-15(13)21-16/h4-10,12,14,18H,11H2,1-3H3. The zero-order chi connectivity index (χ0) is 14.8. The number of nitrogens with one attached hydrogen (secondary N) is 1. The number of fused-ring (bicyclic) bond motifs is 1. The van der Waals surface area contributed by atoms with Crippen LogP contribution < -0.4 is 5.32 Å². The fourth-order valence-corrected chi connectivity index (χ4v) is 2.67. The van der Waals surface area contributed by atoms with E-state index >= 15 is 0 Å². The fraction of sp³-hybridized carbons (Fsp3) is 0.353. The van der Waals surface area contributed by atoms with Crippen LogP contribution in [0.1, 0.15) is 37.4 Å². The second kappa shape index (κ2) is 5.74. The van der Waals surface area contributed by atoms with Gasteiger partial charge in [-0.25, -0.2) is 4.98 Å². The van der Waals surface area contributed by atoms with E-state index in [0.717, 1.165) is 29.1 Å². The van der Waals surface area contributed by atoms with Gasteiger partial charge < -0.3 is 14.3 Å². The van der Waals surface area contributed by atoms with E-state index < -0.39 is 0 Å². The van der Waals surface area contributed by atoms with Gasteiger partial charge >= 0.3 is 0 Å². The van der Waals surface area contributed by atoms with Crippen molar-refractivity contribution in [3.63, 3.8) is 0 Å². The number of hydrogen-bond acceptors (Lipinski definition) is 3. The predicted molar refractivity (Wildman–Crippen MR) is 84.3 cm³/mol. The van der Waals surface area contributed by atoms with Gasteiger partial charge in [0.05, 0.1) is 6.04 Å². The summed E-state index contributed by atoms with van der Waals surface area (Å²) in [5.41, 5.74) is 0.933. The van der Waals surface area contributed by atoms with Crippen molar-refractivity contribution >= 4 is 11.0 Å². The molecule has 1 atom stereocenters. The molecule has 3 rings (SSSR count). The normalized spacial score (nSPS) is 13.1. The number of likely N-dealkylation sites (N-methyl/N-ethyl adjacent to an activating group) is 1. The van der Waals surface area contributed by atoms with Crippen LogP contribution in [0.15, 0.2) is 47.1 Å². The Labute approximate surface area is 124 Å². The van der Waals surface area contributed by atoms with Crippen molar-refractivity contribution < 1.29 is 4.42 Å². The molecule has 0 amide bonds. The third-order valence-corrected chi connectivity index (χ3v) is 3.78. The summed E-state index contributed by atoms with van der Waals surface area (Å²) in [6, 6.07) is 10.3. The molecule has 1 unspecified atom stereocenters. The van der Waals surface area contributed by atoms with E-state index in [1.807, 2.05) is 37.6 Å². The van der Waals surface area contributed by atoms with Gasteiger partial charge in [-0.1, -0.05) is 32.0 Å². The van der Waals surface area contributed by atoms with E-state index in [-0.39, 0.29) is 6.04 Å². The average molecular weight is 283 g/mol. The van der Waals surface area contributed by atoms with Gasteiger partial charge in [-0.05, 0) is 19.2 Å². The highest BCUT2D eigenvalue weighted by Crippen LogP contribution is 2.25. The Kier molecular flexibility index (Phi) is 3.80. The Bertz CT molecular complexity index is 693. The molecule has 2 aromatic heterocycles. The topological polar surface area (TPSA) is 43.0 Å². The Balaban J connectivity index is 1.89. The average Bonchev–Trinajstić information content (AvgIpc) is 3.10. The van der Waals surface area contributed by atoms with Crippen molar-refractivity contribution in [2.75, 3.05) is 7.05 Å². The number of imidazole rings is 1. The van der Waals surface area contributed by atoms with Crippen LogP contribution in [-0.4, -0.2) is 16.6 Å². The molecule has 1 N–H and O–H groups in total. The molecule has 2 heterocycles. The van der Waals surface area contributed by atoms with Crippen molar-refractivity contribution in [2.45, 2.75) is 32.4 Å². The molecule has 0 bridgehead atoms. The van der Waals surface area contributed by atoms with Crippen LogP contribution in [0, 0.1) is 0 Å². The third-order valence-electron chi connectivity index (χ3n) is 3.78. The lowest BCUT2D eigenvalue weighted by atomic mass is 10.1. The van der Waals surface area contributed by atoms with Gasteiger partial charge in [-0.15, -0.1) is 0 Å². The van der Waals surface area contributed by atoms with Gasteiger partial charge in [0.15, 0.2) is 0 Å². The largest absolute Gasteiger partial charge is 0.459 e. The highest BCUT2D eigenvalue weighted by Gasteiger charge is 2.17. The molecule has 21 heavy (non-hydrogen) atoms. The SMILES string of the molecule is CNC(Cn1ccnc1C(C)C)c1cc2ccccc2o1. The van der Waals surface area contributed by atoms with Crippen molar-refractivity contribution in [3.05, 3.63) is 54.3 Å². The maximum absolute atomic E-state index is 5.97. The van der Waals surface area contributed by atoms with Crippen LogP contribution in [0.2, 0.25) is 0 Å². The second-order valence-electron chi connectivity index (χ2n) is 5.62. The molecule has 0 aliphatic rings. The molecule has 0 spiro atoms. The lowest BCUT2D eigenvalue weighted by molar-refractivity contribution is 0.403. The summed E-state index contributed by atoms with van der Waals surface area (Å²) in [5.74, 6) is 2.47. The van der Waals surface area contributed by atoms with E-state index in [2.05, 4.69) is 40.8 Å². The maximum atomic E-state index is 5.97. The van der Waals surface area contributed by atoms with E-state index in [1.54, 1.807) is 0 Å². The van der Waals surface area contributed by atoms with Gasteiger partial charge in [-0.2, -0.15) is 0 Å². The van der Waals surface area contributed by atoms with Gasteiger partial charge in [0.2, 0.25) is 0 Å². The summed E-state index contributed by atoms with van der Waals surface area (Å²) in [7, 11) is 1.96. The van der Waals surface area contributed by atoms with Crippen molar-refractivity contribution in [1.29, 1.82) is 0 Å². The highest BCUT2D eigenvalue weighted by atomic mass is 16.3. The third kappa shape index (κ3) is 2.72. The quantitative estimate of drug-likeness (QED) is 0.776. The zero-order valence-electron chi connectivity index (χ0n) is 12.7. The molecule has 3 aromatic rings. The number of rotatable bonds is 5. The van der Waals surface area contributed by atoms with Crippen LogP contribution in [0.25, 0.3) is 11.0 Å².